The highest BCUT2D eigenvalue weighted by Gasteiger charge is 2.08. The molecule has 0 aliphatic heterocycles. The largest absolute Gasteiger partial charge is 0.484 e. The van der Waals surface area contributed by atoms with Gasteiger partial charge >= 0.3 is 0 Å². The summed E-state index contributed by atoms with van der Waals surface area (Å²) in [6.45, 7) is 3.63. The molecule has 0 bridgehead atoms. The Kier molecular flexibility index (Phi) is 8.23. The monoisotopic (exact) mass is 401 g/mol. The maximum Gasteiger partial charge on any atom is 0.276 e. The van der Waals surface area contributed by atoms with Crippen molar-refractivity contribution in [2.45, 2.75) is 20.3 Å². The molecule has 0 saturated heterocycles. The van der Waals surface area contributed by atoms with Crippen LogP contribution in [-0.2, 0) is 16.0 Å². The molecule has 8 heteroatoms. The van der Waals surface area contributed by atoms with Crippen LogP contribution in [0.15, 0.2) is 48.5 Å². The van der Waals surface area contributed by atoms with Gasteiger partial charge in [-0.15, -0.1) is 0 Å². The predicted octanol–water partition coefficient (Wildman–Crippen LogP) is 2.04. The molecule has 2 aromatic carbocycles. The van der Waals surface area contributed by atoms with Crippen molar-refractivity contribution < 1.29 is 19.1 Å². The first-order valence-electron chi connectivity index (χ1n) is 8.76. The Morgan fingerprint density at radius 3 is 1.96 bits per heavy atom. The van der Waals surface area contributed by atoms with E-state index in [1.54, 1.807) is 24.3 Å². The standard InChI is InChI=1S/C20H23N3O4S/c1-3-15-6-10-17(11-7-15)27-13-19(25)22-23-20(28)21-18(24)12-26-16-8-4-14(2)5-9-16/h4-11H,3,12-13H2,1-2H3,(H,22,25)(H2,21,23,24,28). The van der Waals surface area contributed by atoms with Crippen LogP contribution >= 0.6 is 12.2 Å². The first-order valence-corrected chi connectivity index (χ1v) is 9.17. The molecule has 148 valence electrons. The minimum Gasteiger partial charge on any atom is -0.484 e. The first-order chi connectivity index (χ1) is 13.5. The van der Waals surface area contributed by atoms with Gasteiger partial charge in [0.2, 0.25) is 0 Å². The van der Waals surface area contributed by atoms with E-state index in [-0.39, 0.29) is 18.3 Å². The molecule has 0 unspecified atom stereocenters. The van der Waals surface area contributed by atoms with Crippen LogP contribution in [0.4, 0.5) is 0 Å². The van der Waals surface area contributed by atoms with Crippen molar-refractivity contribution in [2.75, 3.05) is 13.2 Å². The van der Waals surface area contributed by atoms with Crippen molar-refractivity contribution in [1.29, 1.82) is 0 Å². The van der Waals surface area contributed by atoms with Crippen LogP contribution in [0.1, 0.15) is 18.1 Å². The molecular formula is C20H23N3O4S. The number of ether oxygens (including phenoxy) is 2. The van der Waals surface area contributed by atoms with E-state index in [0.717, 1.165) is 12.0 Å². The predicted molar refractivity (Wildman–Crippen MR) is 110 cm³/mol. The van der Waals surface area contributed by atoms with Gasteiger partial charge < -0.3 is 9.47 Å². The second-order valence-corrected chi connectivity index (χ2v) is 6.35. The van der Waals surface area contributed by atoms with Crippen LogP contribution in [0.25, 0.3) is 0 Å². The quantitative estimate of drug-likeness (QED) is 0.486. The fourth-order valence-electron chi connectivity index (χ4n) is 2.11. The number of benzene rings is 2. The fraction of sp³-hybridized carbons (Fsp3) is 0.250. The number of hydrogen-bond acceptors (Lipinski definition) is 5. The third-order valence-electron chi connectivity index (χ3n) is 3.66. The second kappa shape index (κ2) is 10.9. The molecule has 2 rings (SSSR count). The smallest absolute Gasteiger partial charge is 0.276 e. The van der Waals surface area contributed by atoms with E-state index in [9.17, 15) is 9.59 Å². The lowest BCUT2D eigenvalue weighted by molar-refractivity contribution is -0.124. The molecule has 0 fully saturated rings. The van der Waals surface area contributed by atoms with E-state index in [1.807, 2.05) is 31.2 Å². The third-order valence-corrected chi connectivity index (χ3v) is 3.86. The number of thiocarbonyl (C=S) groups is 1. The molecule has 0 aromatic heterocycles. The van der Waals surface area contributed by atoms with Crippen LogP contribution in [0.2, 0.25) is 0 Å². The summed E-state index contributed by atoms with van der Waals surface area (Å²) in [5, 5.41) is 2.36. The van der Waals surface area contributed by atoms with Crippen LogP contribution < -0.4 is 25.6 Å². The Morgan fingerprint density at radius 1 is 0.857 bits per heavy atom. The molecule has 0 radical (unpaired) electrons. The van der Waals surface area contributed by atoms with Gasteiger partial charge in [0.15, 0.2) is 18.3 Å². The van der Waals surface area contributed by atoms with Crippen molar-refractivity contribution in [3.05, 3.63) is 59.7 Å². The van der Waals surface area contributed by atoms with Crippen LogP contribution in [0, 0.1) is 6.92 Å². The molecular weight excluding hydrogens is 378 g/mol. The average Bonchev–Trinajstić information content (AvgIpc) is 2.70. The maximum atomic E-state index is 11.8. The molecule has 0 saturated carbocycles. The first kappa shape index (κ1) is 21.2. The fourth-order valence-corrected chi connectivity index (χ4v) is 2.28. The normalized spacial score (nSPS) is 9.93. The summed E-state index contributed by atoms with van der Waals surface area (Å²) < 4.78 is 10.7. The summed E-state index contributed by atoms with van der Waals surface area (Å²) >= 11 is 4.95. The van der Waals surface area contributed by atoms with Gasteiger partial charge in [0.1, 0.15) is 11.5 Å². The van der Waals surface area contributed by atoms with Crippen LogP contribution in [0.3, 0.4) is 0 Å². The average molecular weight is 401 g/mol. The van der Waals surface area contributed by atoms with E-state index in [4.69, 9.17) is 21.7 Å². The van der Waals surface area contributed by atoms with E-state index >= 15 is 0 Å². The van der Waals surface area contributed by atoms with Gasteiger partial charge in [-0.25, -0.2) is 0 Å². The zero-order valence-corrected chi connectivity index (χ0v) is 16.6. The highest BCUT2D eigenvalue weighted by atomic mass is 32.1. The molecule has 7 nitrogen and oxygen atoms in total. The molecule has 28 heavy (non-hydrogen) atoms. The molecule has 0 aliphatic carbocycles. The van der Waals surface area contributed by atoms with Crippen molar-refractivity contribution in [1.82, 2.24) is 16.2 Å². The van der Waals surface area contributed by atoms with Gasteiger partial charge in [-0.1, -0.05) is 36.8 Å². The second-order valence-electron chi connectivity index (χ2n) is 5.94. The van der Waals surface area contributed by atoms with Crippen molar-refractivity contribution >= 4 is 29.1 Å². The number of rotatable bonds is 7. The van der Waals surface area contributed by atoms with E-state index in [2.05, 4.69) is 23.1 Å². The van der Waals surface area contributed by atoms with Gasteiger partial charge in [-0.3, -0.25) is 25.8 Å². The summed E-state index contributed by atoms with van der Waals surface area (Å²) in [4.78, 5) is 23.6. The molecule has 3 N–H and O–H groups in total. The zero-order valence-electron chi connectivity index (χ0n) is 15.8. The Labute approximate surface area is 169 Å². The summed E-state index contributed by atoms with van der Waals surface area (Å²) in [6, 6.07) is 14.8. The number of carbonyl (C=O) groups excluding carboxylic acids is 2. The highest BCUT2D eigenvalue weighted by Crippen LogP contribution is 2.12. The summed E-state index contributed by atoms with van der Waals surface area (Å²) in [7, 11) is 0. The number of hydrogen-bond donors (Lipinski definition) is 3. The summed E-state index contributed by atoms with van der Waals surface area (Å²) in [5.41, 5.74) is 7.07. The van der Waals surface area contributed by atoms with Gasteiger partial charge in [-0.05, 0) is 55.4 Å². The van der Waals surface area contributed by atoms with Crippen LogP contribution in [-0.4, -0.2) is 30.1 Å². The van der Waals surface area contributed by atoms with E-state index < -0.39 is 11.8 Å². The topological polar surface area (TPSA) is 88.7 Å². The number of hydrazine groups is 1. The summed E-state index contributed by atoms with van der Waals surface area (Å²) in [5.74, 6) is 0.292. The Hall–Kier alpha value is -3.13. The minimum absolute atomic E-state index is 0.0434. The third kappa shape index (κ3) is 7.63. The number of aryl methyl sites for hydroxylation is 2. The van der Waals surface area contributed by atoms with Crippen LogP contribution in [0.5, 0.6) is 11.5 Å². The van der Waals surface area contributed by atoms with Gasteiger partial charge in [-0.2, -0.15) is 0 Å². The van der Waals surface area contributed by atoms with Crippen molar-refractivity contribution in [3.8, 4) is 11.5 Å². The minimum atomic E-state index is -0.445. The van der Waals surface area contributed by atoms with Gasteiger partial charge in [0, 0.05) is 0 Å². The van der Waals surface area contributed by atoms with Crippen molar-refractivity contribution in [3.63, 3.8) is 0 Å². The lowest BCUT2D eigenvalue weighted by atomic mass is 10.2. The highest BCUT2D eigenvalue weighted by molar-refractivity contribution is 7.80. The lowest BCUT2D eigenvalue weighted by Gasteiger charge is -2.12. The summed E-state index contributed by atoms with van der Waals surface area (Å²) in [6.07, 6.45) is 0.934. The van der Waals surface area contributed by atoms with E-state index in [0.29, 0.717) is 11.5 Å². The zero-order chi connectivity index (χ0) is 20.4. The van der Waals surface area contributed by atoms with Gasteiger partial charge in [0.25, 0.3) is 11.8 Å². The molecule has 2 aromatic rings. The Bertz CT molecular complexity index is 807. The molecule has 0 atom stereocenters. The van der Waals surface area contributed by atoms with Gasteiger partial charge in [0.05, 0.1) is 0 Å². The molecule has 0 spiro atoms. The Balaban J connectivity index is 1.63. The molecule has 2 amide bonds. The van der Waals surface area contributed by atoms with E-state index in [1.165, 1.54) is 5.56 Å². The van der Waals surface area contributed by atoms with Crippen molar-refractivity contribution in [2.24, 2.45) is 0 Å². The lowest BCUT2D eigenvalue weighted by Crippen LogP contribution is -2.50. The SMILES string of the molecule is CCc1ccc(OCC(=O)NNC(=S)NC(=O)COc2ccc(C)cc2)cc1. The molecule has 0 heterocycles. The molecule has 0 aliphatic rings. The number of carbonyl (C=O) groups is 2. The number of amides is 2. The number of nitrogens with one attached hydrogen (secondary N) is 3. The maximum absolute atomic E-state index is 11.8. The Morgan fingerprint density at radius 2 is 1.39 bits per heavy atom.